The molecular formula is C49H52N2O8S2. The third-order valence-electron chi connectivity index (χ3n) is 10.7. The van der Waals surface area contributed by atoms with Crippen LogP contribution in [0.15, 0.2) is 155 Å². The molecule has 10 nitrogen and oxygen atoms in total. The van der Waals surface area contributed by atoms with Crippen LogP contribution < -0.4 is 9.44 Å². The third kappa shape index (κ3) is 12.6. The van der Waals surface area contributed by atoms with Gasteiger partial charge in [0.15, 0.2) is 0 Å². The van der Waals surface area contributed by atoms with E-state index in [4.69, 9.17) is 0 Å². The molecule has 0 aromatic heterocycles. The summed E-state index contributed by atoms with van der Waals surface area (Å²) in [6.07, 6.45) is 4.11. The van der Waals surface area contributed by atoms with Gasteiger partial charge in [-0.2, -0.15) is 0 Å². The number of anilines is 2. The lowest BCUT2D eigenvalue weighted by Crippen LogP contribution is -2.17. The highest BCUT2D eigenvalue weighted by Gasteiger charge is 2.21. The normalized spacial score (nSPS) is 11.5. The van der Waals surface area contributed by atoms with Crippen molar-refractivity contribution in [3.05, 3.63) is 190 Å². The molecular weight excluding hydrogens is 809 g/mol. The van der Waals surface area contributed by atoms with Gasteiger partial charge in [-0.15, -0.1) is 0 Å². The van der Waals surface area contributed by atoms with Crippen molar-refractivity contribution in [2.45, 2.75) is 81.4 Å². The minimum Gasteiger partial charge on any atom is -0.478 e. The predicted octanol–water partition coefficient (Wildman–Crippen LogP) is 10.2. The first-order valence-corrected chi connectivity index (χ1v) is 23.0. The SMILES string of the molecule is CCC(C)(C)c1ccc(S(=O)(=O)Nc2cccc(CCc3ccccc3C(=O)O)c2)cc1.CCc1ccc(S(=O)(=O)Nc2cccc(CCc3ccccc3C(=O)O)c2)cc1. The smallest absolute Gasteiger partial charge is 0.335 e. The number of nitrogens with one attached hydrogen (secondary N) is 2. The molecule has 6 aromatic rings. The van der Waals surface area contributed by atoms with Gasteiger partial charge in [-0.05, 0) is 138 Å². The molecule has 6 rings (SSSR count). The monoisotopic (exact) mass is 860 g/mol. The van der Waals surface area contributed by atoms with Crippen LogP contribution >= 0.6 is 0 Å². The third-order valence-corrected chi connectivity index (χ3v) is 13.5. The number of aromatic carboxylic acids is 2. The van der Waals surface area contributed by atoms with E-state index in [1.54, 1.807) is 97.1 Å². The van der Waals surface area contributed by atoms with Crippen LogP contribution in [0.25, 0.3) is 0 Å². The van der Waals surface area contributed by atoms with Crippen LogP contribution in [0.4, 0.5) is 11.4 Å². The number of sulfonamides is 2. The lowest BCUT2D eigenvalue weighted by molar-refractivity contribution is 0.0684. The zero-order valence-electron chi connectivity index (χ0n) is 34.8. The molecule has 6 aromatic carbocycles. The van der Waals surface area contributed by atoms with Crippen LogP contribution in [-0.4, -0.2) is 39.0 Å². The molecule has 0 saturated carbocycles. The standard InChI is InChI=1S/C26H29NO4S.C23H23NO4S/c1-4-26(2,3)21-14-16-23(17-15-21)32(30,31)27-22-10-7-8-19(18-22)12-13-20-9-5-6-11-24(20)25(28)29;1-2-17-11-14-21(15-12-17)29(27,28)24-20-8-5-6-18(16-20)10-13-19-7-3-4-9-22(19)23(25)26/h5-11,14-18,27H,4,12-13H2,1-3H3,(H,28,29);3-9,11-12,14-16,24H,2,10,13H2,1H3,(H,25,26). The predicted molar refractivity (Wildman–Crippen MR) is 242 cm³/mol. The van der Waals surface area contributed by atoms with Gasteiger partial charge < -0.3 is 10.2 Å². The van der Waals surface area contributed by atoms with Gasteiger partial charge in [0.25, 0.3) is 20.0 Å². The Kier molecular flexibility index (Phi) is 15.3. The van der Waals surface area contributed by atoms with E-state index in [1.165, 1.54) is 0 Å². The number of carboxylic acids is 2. The number of carboxylic acid groups (broad SMARTS) is 2. The number of hydrogen-bond acceptors (Lipinski definition) is 6. The van der Waals surface area contributed by atoms with Crippen LogP contribution in [0.2, 0.25) is 0 Å². The summed E-state index contributed by atoms with van der Waals surface area (Å²) in [5, 5.41) is 18.6. The zero-order valence-corrected chi connectivity index (χ0v) is 36.4. The van der Waals surface area contributed by atoms with E-state index in [9.17, 15) is 36.6 Å². The Morgan fingerprint density at radius 1 is 0.508 bits per heavy atom. The van der Waals surface area contributed by atoms with Crippen molar-refractivity contribution < 1.29 is 36.6 Å². The van der Waals surface area contributed by atoms with Gasteiger partial charge in [0.1, 0.15) is 0 Å². The van der Waals surface area contributed by atoms with Gasteiger partial charge in [-0.3, -0.25) is 9.44 Å². The van der Waals surface area contributed by atoms with E-state index >= 15 is 0 Å². The highest BCUT2D eigenvalue weighted by Crippen LogP contribution is 2.28. The van der Waals surface area contributed by atoms with Crippen molar-refractivity contribution in [2.75, 3.05) is 9.44 Å². The Morgan fingerprint density at radius 2 is 0.918 bits per heavy atom. The summed E-state index contributed by atoms with van der Waals surface area (Å²) in [6, 6.07) is 42.0. The quantitative estimate of drug-likeness (QED) is 0.0703. The minimum atomic E-state index is -3.71. The molecule has 0 aliphatic rings. The van der Waals surface area contributed by atoms with Crippen molar-refractivity contribution in [1.29, 1.82) is 0 Å². The van der Waals surface area contributed by atoms with E-state index in [2.05, 4.69) is 30.2 Å². The first kappa shape index (κ1) is 45.8. The van der Waals surface area contributed by atoms with Gasteiger partial charge >= 0.3 is 11.9 Å². The zero-order chi connectivity index (χ0) is 44.2. The van der Waals surface area contributed by atoms with E-state index in [0.717, 1.165) is 46.2 Å². The Hall–Kier alpha value is -6.24. The van der Waals surface area contributed by atoms with Gasteiger partial charge in [-0.25, -0.2) is 26.4 Å². The summed E-state index contributed by atoms with van der Waals surface area (Å²) < 4.78 is 56.3. The van der Waals surface area contributed by atoms with Gasteiger partial charge in [0.2, 0.25) is 0 Å². The highest BCUT2D eigenvalue weighted by molar-refractivity contribution is 7.93. The number of carbonyl (C=O) groups is 2. The second kappa shape index (κ2) is 20.3. The Morgan fingerprint density at radius 3 is 1.31 bits per heavy atom. The molecule has 0 atom stereocenters. The number of hydrogen-bond donors (Lipinski definition) is 4. The average Bonchev–Trinajstić information content (AvgIpc) is 3.25. The topological polar surface area (TPSA) is 167 Å². The van der Waals surface area contributed by atoms with Gasteiger partial charge in [-0.1, -0.05) is 113 Å². The molecule has 0 unspecified atom stereocenters. The van der Waals surface area contributed by atoms with E-state index < -0.39 is 32.0 Å². The lowest BCUT2D eigenvalue weighted by Gasteiger charge is -2.23. The van der Waals surface area contributed by atoms with Crippen LogP contribution in [0.1, 0.15) is 88.2 Å². The Bertz CT molecular complexity index is 2680. The molecule has 12 heteroatoms. The molecule has 0 aliphatic carbocycles. The van der Waals surface area contributed by atoms with E-state index in [0.29, 0.717) is 48.2 Å². The largest absolute Gasteiger partial charge is 0.478 e. The first-order chi connectivity index (χ1) is 29.0. The molecule has 0 saturated heterocycles. The molecule has 0 heterocycles. The summed E-state index contributed by atoms with van der Waals surface area (Å²) in [6.45, 7) is 8.39. The average molecular weight is 861 g/mol. The van der Waals surface area contributed by atoms with Gasteiger partial charge in [0.05, 0.1) is 20.9 Å². The Balaban J connectivity index is 0.000000232. The fourth-order valence-electron chi connectivity index (χ4n) is 6.65. The first-order valence-electron chi connectivity index (χ1n) is 20.1. The van der Waals surface area contributed by atoms with Crippen molar-refractivity contribution in [2.24, 2.45) is 0 Å². The van der Waals surface area contributed by atoms with Crippen LogP contribution in [-0.2, 0) is 57.6 Å². The molecule has 61 heavy (non-hydrogen) atoms. The highest BCUT2D eigenvalue weighted by atomic mass is 32.2. The summed E-state index contributed by atoms with van der Waals surface area (Å²) in [5.74, 6) is -1.90. The molecule has 0 radical (unpaired) electrons. The second-order valence-electron chi connectivity index (χ2n) is 15.3. The maximum atomic E-state index is 12.9. The maximum absolute atomic E-state index is 12.9. The fraction of sp³-hybridized carbons (Fsp3) is 0.224. The fourth-order valence-corrected chi connectivity index (χ4v) is 8.75. The number of rotatable bonds is 17. The molecule has 0 aliphatic heterocycles. The van der Waals surface area contributed by atoms with Crippen LogP contribution in [0, 0.1) is 0 Å². The van der Waals surface area contributed by atoms with Crippen molar-refractivity contribution in [1.82, 2.24) is 0 Å². The number of aryl methyl sites for hydroxylation is 5. The number of benzene rings is 6. The van der Waals surface area contributed by atoms with Crippen LogP contribution in [0.3, 0.4) is 0 Å². The summed E-state index contributed by atoms with van der Waals surface area (Å²) >= 11 is 0. The lowest BCUT2D eigenvalue weighted by atomic mass is 9.82. The van der Waals surface area contributed by atoms with E-state index in [1.807, 2.05) is 55.5 Å². The van der Waals surface area contributed by atoms with Crippen molar-refractivity contribution in [3.63, 3.8) is 0 Å². The van der Waals surface area contributed by atoms with Crippen molar-refractivity contribution >= 4 is 43.4 Å². The summed E-state index contributed by atoms with van der Waals surface area (Å²) in [4.78, 5) is 23.2. The molecule has 0 fully saturated rings. The van der Waals surface area contributed by atoms with Crippen molar-refractivity contribution in [3.8, 4) is 0 Å². The molecule has 4 N–H and O–H groups in total. The Labute approximate surface area is 359 Å². The summed E-state index contributed by atoms with van der Waals surface area (Å²) in [7, 11) is -7.38. The van der Waals surface area contributed by atoms with E-state index in [-0.39, 0.29) is 15.2 Å². The second-order valence-corrected chi connectivity index (χ2v) is 18.7. The minimum absolute atomic E-state index is 0.0106. The maximum Gasteiger partial charge on any atom is 0.335 e. The summed E-state index contributed by atoms with van der Waals surface area (Å²) in [5.41, 5.74) is 7.05. The molecule has 0 amide bonds. The van der Waals surface area contributed by atoms with Gasteiger partial charge in [0, 0.05) is 11.4 Å². The molecule has 0 bridgehead atoms. The molecule has 318 valence electrons. The van der Waals surface area contributed by atoms with Crippen LogP contribution in [0.5, 0.6) is 0 Å². The molecule has 0 spiro atoms.